The van der Waals surface area contributed by atoms with Gasteiger partial charge >= 0.3 is 6.09 Å². The number of amides is 2. The van der Waals surface area contributed by atoms with E-state index in [2.05, 4.69) is 48.2 Å². The molecule has 2 aromatic heterocycles. The second-order valence-electron chi connectivity index (χ2n) is 10.8. The summed E-state index contributed by atoms with van der Waals surface area (Å²) in [5.74, 6) is 0.219. The summed E-state index contributed by atoms with van der Waals surface area (Å²) in [6.07, 6.45) is 5.18. The number of pyridine rings is 1. The number of halogens is 1. The minimum absolute atomic E-state index is 0.0111. The smallest absolute Gasteiger partial charge is 0.408 e. The number of carboxylic acid groups (broad SMARTS) is 1. The number of H-pyrrole nitrogens is 1. The first-order valence-electron chi connectivity index (χ1n) is 12.4. The highest BCUT2D eigenvalue weighted by Crippen LogP contribution is 2.48. The first-order valence-corrected chi connectivity index (χ1v) is 13.2. The van der Waals surface area contributed by atoms with E-state index in [4.69, 9.17) is 0 Å². The van der Waals surface area contributed by atoms with E-state index in [1.54, 1.807) is 17.3 Å². The van der Waals surface area contributed by atoms with E-state index >= 15 is 0 Å². The first-order chi connectivity index (χ1) is 17.1. The number of nitrogens with one attached hydrogen (secondary N) is 2. The average molecular weight is 554 g/mol. The summed E-state index contributed by atoms with van der Waals surface area (Å²) in [7, 11) is 0. The summed E-state index contributed by atoms with van der Waals surface area (Å²) in [6, 6.07) is 10.0. The molecular weight excluding hydrogens is 522 g/mol. The molecule has 36 heavy (non-hydrogen) atoms. The second kappa shape index (κ2) is 9.42. The Labute approximate surface area is 219 Å². The van der Waals surface area contributed by atoms with Crippen LogP contribution in [0.4, 0.5) is 16.2 Å². The summed E-state index contributed by atoms with van der Waals surface area (Å²) in [4.78, 5) is 36.8. The van der Waals surface area contributed by atoms with Gasteiger partial charge in [-0.05, 0) is 67.4 Å². The number of fused-ring (bicyclic) bond motifs is 1. The van der Waals surface area contributed by atoms with Gasteiger partial charge < -0.3 is 20.3 Å². The molecule has 2 aliphatic rings. The molecule has 1 aliphatic heterocycles. The van der Waals surface area contributed by atoms with Crippen LogP contribution in [0.5, 0.6) is 0 Å². The van der Waals surface area contributed by atoms with E-state index < -0.39 is 11.6 Å². The fraction of sp³-hybridized carbons (Fsp3) is 0.444. The molecule has 5 rings (SSSR count). The minimum Gasteiger partial charge on any atom is -0.465 e. The summed E-state index contributed by atoms with van der Waals surface area (Å²) in [6.45, 7) is 7.16. The fourth-order valence-corrected chi connectivity index (χ4v) is 6.15. The van der Waals surface area contributed by atoms with Crippen LogP contribution in [0.1, 0.15) is 51.5 Å². The Morgan fingerprint density at radius 3 is 2.69 bits per heavy atom. The first kappa shape index (κ1) is 24.6. The van der Waals surface area contributed by atoms with Crippen molar-refractivity contribution >= 4 is 50.3 Å². The molecule has 0 spiro atoms. The molecule has 2 fully saturated rings. The van der Waals surface area contributed by atoms with E-state index in [0.29, 0.717) is 17.9 Å². The molecule has 1 saturated heterocycles. The van der Waals surface area contributed by atoms with Crippen molar-refractivity contribution in [2.45, 2.75) is 57.5 Å². The van der Waals surface area contributed by atoms with Gasteiger partial charge in [0.1, 0.15) is 5.65 Å². The van der Waals surface area contributed by atoms with Gasteiger partial charge in [-0.25, -0.2) is 9.78 Å². The molecule has 1 aromatic carbocycles. The zero-order chi connectivity index (χ0) is 25.6. The Hall–Kier alpha value is -3.07. The van der Waals surface area contributed by atoms with Crippen LogP contribution in [0, 0.1) is 5.92 Å². The third-order valence-electron chi connectivity index (χ3n) is 7.25. The minimum atomic E-state index is -0.903. The normalized spacial score (nSPS) is 21.9. The lowest BCUT2D eigenvalue weighted by Crippen LogP contribution is -2.56. The molecule has 3 atom stereocenters. The van der Waals surface area contributed by atoms with Gasteiger partial charge in [0.2, 0.25) is 5.91 Å². The number of hydrogen-bond acceptors (Lipinski definition) is 4. The van der Waals surface area contributed by atoms with Crippen molar-refractivity contribution in [3.05, 3.63) is 52.8 Å². The maximum absolute atomic E-state index is 13.2. The van der Waals surface area contributed by atoms with Gasteiger partial charge in [-0.3, -0.25) is 9.69 Å². The van der Waals surface area contributed by atoms with Gasteiger partial charge in [0.05, 0.1) is 27.3 Å². The largest absolute Gasteiger partial charge is 0.465 e. The van der Waals surface area contributed by atoms with E-state index in [0.717, 1.165) is 41.4 Å². The molecule has 190 valence electrons. The maximum atomic E-state index is 13.2. The SMILES string of the molecule is CC(C)(C)N(C(=O)O)[C@@H]1CCCN(c2c(Br)cnc3[nH]cc(NC(=O)C4CC4c4ccccc4)c23)C1. The van der Waals surface area contributed by atoms with Crippen LogP contribution >= 0.6 is 15.9 Å². The molecule has 2 amide bonds. The average Bonchev–Trinajstić information content (AvgIpc) is 3.54. The van der Waals surface area contributed by atoms with Crippen LogP contribution in [-0.2, 0) is 4.79 Å². The van der Waals surface area contributed by atoms with Crippen LogP contribution in [-0.4, -0.2) is 56.6 Å². The Morgan fingerprint density at radius 2 is 2.00 bits per heavy atom. The van der Waals surface area contributed by atoms with Gasteiger partial charge in [0, 0.05) is 36.9 Å². The van der Waals surface area contributed by atoms with Crippen molar-refractivity contribution in [2.24, 2.45) is 5.92 Å². The van der Waals surface area contributed by atoms with E-state index in [1.807, 2.05) is 39.0 Å². The molecule has 3 aromatic rings. The number of piperidine rings is 1. The number of aromatic nitrogens is 2. The third-order valence-corrected chi connectivity index (χ3v) is 7.83. The fourth-order valence-electron chi connectivity index (χ4n) is 5.60. The quantitative estimate of drug-likeness (QED) is 0.369. The van der Waals surface area contributed by atoms with Crippen LogP contribution in [0.3, 0.4) is 0 Å². The highest BCUT2D eigenvalue weighted by atomic mass is 79.9. The maximum Gasteiger partial charge on any atom is 0.408 e. The topological polar surface area (TPSA) is 102 Å². The third kappa shape index (κ3) is 4.68. The Bertz CT molecular complexity index is 1290. The number of rotatable bonds is 5. The standard InChI is InChI=1S/C27H32BrN5O3/c1-27(2,3)33(26(35)36)17-10-7-11-32(15-17)23-20(28)13-29-24-22(23)21(14-30-24)31-25(34)19-12-18(19)16-8-5-4-6-9-16/h4-6,8-9,13-14,17-19H,7,10-12,15H2,1-3H3,(H,29,30)(H,31,34)(H,35,36)/t17-,18?,19?/m1/s1. The number of anilines is 2. The Kier molecular flexibility index (Phi) is 6.44. The van der Waals surface area contributed by atoms with Crippen molar-refractivity contribution in [1.29, 1.82) is 0 Å². The number of benzene rings is 1. The predicted molar refractivity (Wildman–Crippen MR) is 145 cm³/mol. The highest BCUT2D eigenvalue weighted by molar-refractivity contribution is 9.10. The molecule has 0 radical (unpaired) electrons. The van der Waals surface area contributed by atoms with Gasteiger partial charge in [0.15, 0.2) is 0 Å². The molecular formula is C27H32BrN5O3. The molecule has 3 heterocycles. The number of carbonyl (C=O) groups is 2. The molecule has 8 nitrogen and oxygen atoms in total. The highest BCUT2D eigenvalue weighted by Gasteiger charge is 2.44. The van der Waals surface area contributed by atoms with Crippen molar-refractivity contribution in [2.75, 3.05) is 23.3 Å². The number of hydrogen-bond donors (Lipinski definition) is 3. The molecule has 1 saturated carbocycles. The molecule has 2 unspecified atom stereocenters. The lowest BCUT2D eigenvalue weighted by atomic mass is 9.97. The van der Waals surface area contributed by atoms with Gasteiger partial charge in [-0.15, -0.1) is 0 Å². The van der Waals surface area contributed by atoms with Gasteiger partial charge in [-0.1, -0.05) is 30.3 Å². The van der Waals surface area contributed by atoms with Gasteiger partial charge in [-0.2, -0.15) is 0 Å². The lowest BCUT2D eigenvalue weighted by Gasteiger charge is -2.45. The van der Waals surface area contributed by atoms with Crippen LogP contribution in [0.15, 0.2) is 47.2 Å². The van der Waals surface area contributed by atoms with Crippen LogP contribution in [0.25, 0.3) is 11.0 Å². The monoisotopic (exact) mass is 553 g/mol. The van der Waals surface area contributed by atoms with Crippen molar-refractivity contribution in [1.82, 2.24) is 14.9 Å². The second-order valence-corrected chi connectivity index (χ2v) is 11.6. The van der Waals surface area contributed by atoms with Crippen LogP contribution in [0.2, 0.25) is 0 Å². The summed E-state index contributed by atoms with van der Waals surface area (Å²) in [5, 5.41) is 13.9. The molecule has 9 heteroatoms. The van der Waals surface area contributed by atoms with E-state index in [-0.39, 0.29) is 23.8 Å². The van der Waals surface area contributed by atoms with E-state index in [1.165, 1.54) is 5.56 Å². The Morgan fingerprint density at radius 1 is 1.25 bits per heavy atom. The zero-order valence-electron chi connectivity index (χ0n) is 20.8. The van der Waals surface area contributed by atoms with E-state index in [9.17, 15) is 14.7 Å². The lowest BCUT2D eigenvalue weighted by molar-refractivity contribution is -0.117. The number of aromatic amines is 1. The molecule has 3 N–H and O–H groups in total. The van der Waals surface area contributed by atoms with Gasteiger partial charge in [0.25, 0.3) is 0 Å². The summed E-state index contributed by atoms with van der Waals surface area (Å²) >= 11 is 3.68. The predicted octanol–water partition coefficient (Wildman–Crippen LogP) is 5.81. The summed E-state index contributed by atoms with van der Waals surface area (Å²) in [5.41, 5.74) is 3.01. The zero-order valence-corrected chi connectivity index (χ0v) is 22.4. The van der Waals surface area contributed by atoms with Crippen molar-refractivity contribution in [3.8, 4) is 0 Å². The van der Waals surface area contributed by atoms with Crippen molar-refractivity contribution in [3.63, 3.8) is 0 Å². The summed E-state index contributed by atoms with van der Waals surface area (Å²) < 4.78 is 0.817. The molecule has 1 aliphatic carbocycles. The Balaban J connectivity index is 1.42. The number of carbonyl (C=O) groups excluding carboxylic acids is 1. The number of nitrogens with zero attached hydrogens (tertiary/aromatic N) is 3. The molecule has 0 bridgehead atoms. The van der Waals surface area contributed by atoms with Crippen molar-refractivity contribution < 1.29 is 14.7 Å². The van der Waals surface area contributed by atoms with Crippen LogP contribution < -0.4 is 10.2 Å².